The van der Waals surface area contributed by atoms with Crippen LogP contribution in [0.2, 0.25) is 0 Å². The Morgan fingerprint density at radius 1 is 1.75 bits per heavy atom. The van der Waals surface area contributed by atoms with Crippen molar-refractivity contribution in [2.45, 2.75) is 19.4 Å². The van der Waals surface area contributed by atoms with Crippen LogP contribution >= 0.6 is 0 Å². The molecule has 2 nitrogen and oxygen atoms in total. The highest BCUT2D eigenvalue weighted by Crippen LogP contribution is 2.00. The highest BCUT2D eigenvalue weighted by molar-refractivity contribution is 5.53. The van der Waals surface area contributed by atoms with Crippen molar-refractivity contribution in [1.82, 2.24) is 5.32 Å². The molecule has 0 bridgehead atoms. The lowest BCUT2D eigenvalue weighted by Crippen LogP contribution is -2.10. The number of rotatable bonds is 1. The smallest absolute Gasteiger partial charge is 0.0632 e. The molecule has 0 radical (unpaired) electrons. The molecule has 46 valence electrons. The minimum atomic E-state index is 0.569. The van der Waals surface area contributed by atoms with Gasteiger partial charge in [0.25, 0.3) is 0 Å². The largest absolute Gasteiger partial charge is 0.315 e. The predicted octanol–water partition coefficient (Wildman–Crippen LogP) is 0.439. The van der Waals surface area contributed by atoms with Gasteiger partial charge in [0.05, 0.1) is 6.04 Å². The molecule has 1 unspecified atom stereocenters. The van der Waals surface area contributed by atoms with Crippen LogP contribution in [0.1, 0.15) is 13.3 Å². The average Bonchev–Trinajstić information content (AvgIpc) is 2.19. The molecule has 1 saturated heterocycles. The van der Waals surface area contributed by atoms with Crippen molar-refractivity contribution in [2.75, 3.05) is 13.1 Å². The maximum absolute atomic E-state index is 4.24. The minimum absolute atomic E-state index is 0.569. The van der Waals surface area contributed by atoms with Crippen molar-refractivity contribution in [2.24, 2.45) is 4.99 Å². The predicted molar refractivity (Wildman–Crippen MR) is 35.4 cm³/mol. The van der Waals surface area contributed by atoms with E-state index in [0.717, 1.165) is 13.1 Å². The molecule has 1 aliphatic rings. The van der Waals surface area contributed by atoms with Crippen LogP contribution in [0.25, 0.3) is 0 Å². The second-order valence-electron chi connectivity index (χ2n) is 2.05. The molecule has 1 aliphatic heterocycles. The summed E-state index contributed by atoms with van der Waals surface area (Å²) in [6.45, 7) is 4.19. The number of hydrogen-bond donors (Lipinski definition) is 1. The van der Waals surface area contributed by atoms with Crippen molar-refractivity contribution >= 4 is 6.21 Å². The summed E-state index contributed by atoms with van der Waals surface area (Å²) in [5.74, 6) is 0. The molecule has 0 spiro atoms. The monoisotopic (exact) mass is 112 g/mol. The second-order valence-corrected chi connectivity index (χ2v) is 2.05. The molecule has 0 saturated carbocycles. The summed E-state index contributed by atoms with van der Waals surface area (Å²) < 4.78 is 0. The normalized spacial score (nSPS) is 29.9. The lowest BCUT2D eigenvalue weighted by atomic mass is 10.3. The van der Waals surface area contributed by atoms with Crippen LogP contribution in [-0.4, -0.2) is 25.3 Å². The van der Waals surface area contributed by atoms with Crippen LogP contribution in [0.5, 0.6) is 0 Å². The fraction of sp³-hybridized carbons (Fsp3) is 0.833. The molecule has 0 aliphatic carbocycles. The van der Waals surface area contributed by atoms with Gasteiger partial charge in [-0.05, 0) is 26.1 Å². The van der Waals surface area contributed by atoms with E-state index in [2.05, 4.69) is 10.3 Å². The minimum Gasteiger partial charge on any atom is -0.315 e. The second kappa shape index (κ2) is 2.82. The van der Waals surface area contributed by atoms with E-state index in [1.54, 1.807) is 0 Å². The van der Waals surface area contributed by atoms with Gasteiger partial charge in [-0.1, -0.05) is 0 Å². The van der Waals surface area contributed by atoms with E-state index in [-0.39, 0.29) is 0 Å². The molecule has 1 fully saturated rings. The topological polar surface area (TPSA) is 24.4 Å². The van der Waals surface area contributed by atoms with Crippen molar-refractivity contribution < 1.29 is 0 Å². The first kappa shape index (κ1) is 5.76. The molecule has 1 atom stereocenters. The van der Waals surface area contributed by atoms with Gasteiger partial charge in [-0.2, -0.15) is 0 Å². The van der Waals surface area contributed by atoms with Crippen LogP contribution in [0, 0.1) is 0 Å². The number of aliphatic imine (C=N–C) groups is 1. The standard InChI is InChI=1S/C6H12N2/c1-2-8-6-3-4-7-5-6/h2,6-7H,3-5H2,1H3. The first-order chi connectivity index (χ1) is 3.93. The van der Waals surface area contributed by atoms with E-state index in [4.69, 9.17) is 0 Å². The van der Waals surface area contributed by atoms with E-state index in [0.29, 0.717) is 6.04 Å². The first-order valence-corrected chi connectivity index (χ1v) is 3.12. The molecule has 0 aromatic heterocycles. The maximum Gasteiger partial charge on any atom is 0.0632 e. The van der Waals surface area contributed by atoms with Crippen molar-refractivity contribution in [1.29, 1.82) is 0 Å². The molecule has 1 heterocycles. The Morgan fingerprint density at radius 3 is 3.12 bits per heavy atom. The summed E-state index contributed by atoms with van der Waals surface area (Å²) in [7, 11) is 0. The zero-order chi connectivity index (χ0) is 5.82. The van der Waals surface area contributed by atoms with Gasteiger partial charge in [-0.15, -0.1) is 0 Å². The fourth-order valence-corrected chi connectivity index (χ4v) is 0.977. The van der Waals surface area contributed by atoms with E-state index in [1.807, 2.05) is 13.1 Å². The zero-order valence-electron chi connectivity index (χ0n) is 5.22. The summed E-state index contributed by atoms with van der Waals surface area (Å²) in [6.07, 6.45) is 3.10. The Morgan fingerprint density at radius 2 is 2.62 bits per heavy atom. The summed E-state index contributed by atoms with van der Waals surface area (Å²) in [5, 5.41) is 3.24. The summed E-state index contributed by atoms with van der Waals surface area (Å²) in [4.78, 5) is 4.24. The average molecular weight is 112 g/mol. The molecule has 8 heavy (non-hydrogen) atoms. The molecule has 2 heteroatoms. The third-order valence-corrected chi connectivity index (χ3v) is 1.39. The number of nitrogens with one attached hydrogen (secondary N) is 1. The lowest BCUT2D eigenvalue weighted by molar-refractivity contribution is 0.747. The molecule has 0 amide bonds. The number of hydrogen-bond acceptors (Lipinski definition) is 2. The van der Waals surface area contributed by atoms with Crippen LogP contribution < -0.4 is 5.32 Å². The van der Waals surface area contributed by atoms with Crippen molar-refractivity contribution in [3.05, 3.63) is 0 Å². The molecule has 1 N–H and O–H groups in total. The Kier molecular flexibility index (Phi) is 2.03. The number of nitrogens with zero attached hydrogens (tertiary/aromatic N) is 1. The van der Waals surface area contributed by atoms with Crippen molar-refractivity contribution in [3.63, 3.8) is 0 Å². The third kappa shape index (κ3) is 1.30. The van der Waals surface area contributed by atoms with Gasteiger partial charge in [0.2, 0.25) is 0 Å². The first-order valence-electron chi connectivity index (χ1n) is 3.12. The molecule has 1 rings (SSSR count). The van der Waals surface area contributed by atoms with Crippen LogP contribution in [0.15, 0.2) is 4.99 Å². The van der Waals surface area contributed by atoms with Crippen LogP contribution in [0.3, 0.4) is 0 Å². The lowest BCUT2D eigenvalue weighted by Gasteiger charge is -1.95. The molecular formula is C6H12N2. The molecule has 0 aromatic carbocycles. The summed E-state index contributed by atoms with van der Waals surface area (Å²) >= 11 is 0. The van der Waals surface area contributed by atoms with Crippen LogP contribution in [-0.2, 0) is 0 Å². The molecule has 0 aromatic rings. The van der Waals surface area contributed by atoms with Crippen molar-refractivity contribution in [3.8, 4) is 0 Å². The highest BCUT2D eigenvalue weighted by Gasteiger charge is 2.10. The fourth-order valence-electron chi connectivity index (χ4n) is 0.977. The van der Waals surface area contributed by atoms with E-state index >= 15 is 0 Å². The van der Waals surface area contributed by atoms with Gasteiger partial charge in [0, 0.05) is 6.54 Å². The Labute approximate surface area is 50.0 Å². The summed E-state index contributed by atoms with van der Waals surface area (Å²) in [5.41, 5.74) is 0. The van der Waals surface area contributed by atoms with Gasteiger partial charge >= 0.3 is 0 Å². The highest BCUT2D eigenvalue weighted by atomic mass is 15.0. The van der Waals surface area contributed by atoms with Gasteiger partial charge < -0.3 is 5.32 Å². The van der Waals surface area contributed by atoms with Gasteiger partial charge in [0.1, 0.15) is 0 Å². The van der Waals surface area contributed by atoms with Crippen LogP contribution in [0.4, 0.5) is 0 Å². The Balaban J connectivity index is 2.24. The quantitative estimate of drug-likeness (QED) is 0.489. The molecular weight excluding hydrogens is 100 g/mol. The van der Waals surface area contributed by atoms with E-state index in [1.165, 1.54) is 6.42 Å². The SMILES string of the molecule is CC=NC1CCNC1. The maximum atomic E-state index is 4.24. The summed E-state index contributed by atoms with van der Waals surface area (Å²) in [6, 6.07) is 0.569. The third-order valence-electron chi connectivity index (χ3n) is 1.39. The van der Waals surface area contributed by atoms with Gasteiger partial charge in [-0.25, -0.2) is 0 Å². The Hall–Kier alpha value is -0.370. The van der Waals surface area contributed by atoms with E-state index < -0.39 is 0 Å². The van der Waals surface area contributed by atoms with Gasteiger partial charge in [0.15, 0.2) is 0 Å². The van der Waals surface area contributed by atoms with Gasteiger partial charge in [-0.3, -0.25) is 4.99 Å². The zero-order valence-corrected chi connectivity index (χ0v) is 5.22. The Bertz CT molecular complexity index is 82.5. The van der Waals surface area contributed by atoms with E-state index in [9.17, 15) is 0 Å².